The molecule has 3 amide bonds. The highest BCUT2D eigenvalue weighted by Gasteiger charge is 2.23. The molecule has 0 saturated heterocycles. The number of carbonyl (C=O) groups is 3. The standard InChI is InChI=1S/C18H24N2O4S/c1-12-5-3-4-6-15(12)19-18(23)20-16(21)11-24-17(22)13-7-9-14(25-2)10-8-13/h7-10,12,15H,3-6,11H2,1-2H3,(H2,19,20,21,23)/t12-,15+/m0/s1. The van der Waals surface area contributed by atoms with Crippen LogP contribution in [0.15, 0.2) is 29.2 Å². The van der Waals surface area contributed by atoms with Crippen molar-refractivity contribution in [2.24, 2.45) is 5.92 Å². The summed E-state index contributed by atoms with van der Waals surface area (Å²) in [6.07, 6.45) is 6.19. The molecule has 1 saturated carbocycles. The number of thioether (sulfide) groups is 1. The van der Waals surface area contributed by atoms with E-state index in [2.05, 4.69) is 17.6 Å². The van der Waals surface area contributed by atoms with Crippen LogP contribution in [-0.2, 0) is 9.53 Å². The maximum absolute atomic E-state index is 11.9. The van der Waals surface area contributed by atoms with Crippen LogP contribution >= 0.6 is 11.8 Å². The smallest absolute Gasteiger partial charge is 0.338 e. The summed E-state index contributed by atoms with van der Waals surface area (Å²) in [4.78, 5) is 36.5. The minimum Gasteiger partial charge on any atom is -0.452 e. The van der Waals surface area contributed by atoms with Crippen molar-refractivity contribution in [2.45, 2.75) is 43.5 Å². The van der Waals surface area contributed by atoms with E-state index in [0.717, 1.165) is 24.2 Å². The molecule has 0 spiro atoms. The lowest BCUT2D eigenvalue weighted by Crippen LogP contribution is -2.48. The fourth-order valence-corrected chi connectivity index (χ4v) is 3.25. The van der Waals surface area contributed by atoms with Crippen molar-refractivity contribution in [1.29, 1.82) is 0 Å². The van der Waals surface area contributed by atoms with Crippen LogP contribution in [0, 0.1) is 5.92 Å². The van der Waals surface area contributed by atoms with Gasteiger partial charge in [-0.3, -0.25) is 10.1 Å². The summed E-state index contributed by atoms with van der Waals surface area (Å²) in [7, 11) is 0. The molecule has 2 rings (SSSR count). The minimum atomic E-state index is -0.643. The molecule has 1 aromatic rings. The molecule has 0 aromatic heterocycles. The molecular weight excluding hydrogens is 340 g/mol. The van der Waals surface area contributed by atoms with Crippen LogP contribution in [0.4, 0.5) is 4.79 Å². The second kappa shape index (κ2) is 9.46. The maximum atomic E-state index is 11.9. The zero-order valence-electron chi connectivity index (χ0n) is 14.5. The van der Waals surface area contributed by atoms with Gasteiger partial charge in [0.2, 0.25) is 0 Å². The van der Waals surface area contributed by atoms with Gasteiger partial charge in [0.1, 0.15) is 0 Å². The van der Waals surface area contributed by atoms with Crippen LogP contribution in [0.3, 0.4) is 0 Å². The second-order valence-corrected chi connectivity index (χ2v) is 7.07. The third kappa shape index (κ3) is 6.08. The molecule has 7 heteroatoms. The van der Waals surface area contributed by atoms with E-state index < -0.39 is 24.5 Å². The summed E-state index contributed by atoms with van der Waals surface area (Å²) in [5.41, 5.74) is 0.367. The van der Waals surface area contributed by atoms with Gasteiger partial charge in [0.05, 0.1) is 5.56 Å². The zero-order chi connectivity index (χ0) is 18.2. The Kier molecular flexibility index (Phi) is 7.31. The van der Waals surface area contributed by atoms with E-state index in [0.29, 0.717) is 11.5 Å². The van der Waals surface area contributed by atoms with Crippen LogP contribution < -0.4 is 10.6 Å². The summed E-state index contributed by atoms with van der Waals surface area (Å²) < 4.78 is 4.94. The van der Waals surface area contributed by atoms with Gasteiger partial charge in [-0.2, -0.15) is 0 Å². The lowest BCUT2D eigenvalue weighted by Gasteiger charge is -2.29. The molecule has 2 atom stereocenters. The number of carbonyl (C=O) groups excluding carboxylic acids is 3. The molecule has 0 radical (unpaired) electrons. The lowest BCUT2D eigenvalue weighted by molar-refractivity contribution is -0.123. The normalized spacial score (nSPS) is 19.8. The molecule has 2 N–H and O–H groups in total. The molecule has 1 fully saturated rings. The van der Waals surface area contributed by atoms with Gasteiger partial charge in [0.15, 0.2) is 6.61 Å². The van der Waals surface area contributed by atoms with Gasteiger partial charge < -0.3 is 10.1 Å². The molecule has 25 heavy (non-hydrogen) atoms. The van der Waals surface area contributed by atoms with Crippen molar-refractivity contribution in [3.63, 3.8) is 0 Å². The Morgan fingerprint density at radius 1 is 1.16 bits per heavy atom. The second-order valence-electron chi connectivity index (χ2n) is 6.19. The van der Waals surface area contributed by atoms with Crippen molar-refractivity contribution in [1.82, 2.24) is 10.6 Å². The Morgan fingerprint density at radius 3 is 2.48 bits per heavy atom. The highest BCUT2D eigenvalue weighted by atomic mass is 32.2. The molecule has 1 aromatic carbocycles. The van der Waals surface area contributed by atoms with Gasteiger partial charge in [-0.25, -0.2) is 9.59 Å². The van der Waals surface area contributed by atoms with Crippen molar-refractivity contribution >= 4 is 29.7 Å². The SMILES string of the molecule is CSc1ccc(C(=O)OCC(=O)NC(=O)N[C@@H]2CCCC[C@@H]2C)cc1. The number of ether oxygens (including phenoxy) is 1. The Bertz CT molecular complexity index is 618. The van der Waals surface area contributed by atoms with E-state index in [4.69, 9.17) is 4.74 Å². The van der Waals surface area contributed by atoms with Gasteiger partial charge in [0, 0.05) is 10.9 Å². The number of nitrogens with one attached hydrogen (secondary N) is 2. The Labute approximate surface area is 152 Å². The largest absolute Gasteiger partial charge is 0.452 e. The number of hydrogen-bond acceptors (Lipinski definition) is 5. The molecule has 0 heterocycles. The molecule has 6 nitrogen and oxygen atoms in total. The van der Waals surface area contributed by atoms with Gasteiger partial charge in [0.25, 0.3) is 5.91 Å². The molecule has 0 bridgehead atoms. The first kappa shape index (κ1) is 19.3. The van der Waals surface area contributed by atoms with E-state index in [-0.39, 0.29) is 6.04 Å². The van der Waals surface area contributed by atoms with E-state index in [1.54, 1.807) is 36.0 Å². The first-order valence-electron chi connectivity index (χ1n) is 8.41. The van der Waals surface area contributed by atoms with Gasteiger partial charge >= 0.3 is 12.0 Å². The third-order valence-electron chi connectivity index (χ3n) is 4.34. The number of rotatable bonds is 5. The predicted octanol–water partition coefficient (Wildman–Crippen LogP) is 2.97. The average molecular weight is 364 g/mol. The van der Waals surface area contributed by atoms with Gasteiger partial charge in [-0.1, -0.05) is 19.8 Å². The molecular formula is C18H24N2O4S. The molecule has 1 aliphatic rings. The first-order chi connectivity index (χ1) is 12.0. The quantitative estimate of drug-likeness (QED) is 0.620. The molecule has 1 aliphatic carbocycles. The fourth-order valence-electron chi connectivity index (χ4n) is 2.84. The maximum Gasteiger partial charge on any atom is 0.338 e. The fraction of sp³-hybridized carbons (Fsp3) is 0.500. The van der Waals surface area contributed by atoms with E-state index >= 15 is 0 Å². The van der Waals surface area contributed by atoms with Crippen molar-refractivity contribution < 1.29 is 19.1 Å². The zero-order valence-corrected chi connectivity index (χ0v) is 15.4. The molecule has 0 unspecified atom stereocenters. The average Bonchev–Trinajstić information content (AvgIpc) is 2.61. The van der Waals surface area contributed by atoms with Crippen LogP contribution in [0.2, 0.25) is 0 Å². The Hall–Kier alpha value is -2.02. The molecule has 0 aliphatic heterocycles. The van der Waals surface area contributed by atoms with Crippen LogP contribution in [0.25, 0.3) is 0 Å². The summed E-state index contributed by atoms with van der Waals surface area (Å²) in [6.45, 7) is 1.60. The summed E-state index contributed by atoms with van der Waals surface area (Å²) in [5.74, 6) is -0.837. The molecule has 136 valence electrons. The Balaban J connectivity index is 1.73. The van der Waals surface area contributed by atoms with Crippen LogP contribution in [-0.4, -0.2) is 36.8 Å². The number of esters is 1. The Morgan fingerprint density at radius 2 is 1.84 bits per heavy atom. The highest BCUT2D eigenvalue weighted by Crippen LogP contribution is 2.23. The van der Waals surface area contributed by atoms with Crippen LogP contribution in [0.1, 0.15) is 43.0 Å². The van der Waals surface area contributed by atoms with E-state index in [9.17, 15) is 14.4 Å². The number of urea groups is 1. The minimum absolute atomic E-state index is 0.0825. The monoisotopic (exact) mass is 364 g/mol. The highest BCUT2D eigenvalue weighted by molar-refractivity contribution is 7.98. The number of hydrogen-bond donors (Lipinski definition) is 2. The number of imide groups is 1. The predicted molar refractivity (Wildman–Crippen MR) is 96.6 cm³/mol. The van der Waals surface area contributed by atoms with E-state index in [1.807, 2.05) is 6.26 Å². The number of amides is 3. The van der Waals surface area contributed by atoms with Crippen molar-refractivity contribution in [3.05, 3.63) is 29.8 Å². The summed E-state index contributed by atoms with van der Waals surface area (Å²) in [6, 6.07) is 6.44. The van der Waals surface area contributed by atoms with Crippen LogP contribution in [0.5, 0.6) is 0 Å². The van der Waals surface area contributed by atoms with Gasteiger partial charge in [-0.05, 0) is 49.3 Å². The topological polar surface area (TPSA) is 84.5 Å². The first-order valence-corrected chi connectivity index (χ1v) is 9.63. The van der Waals surface area contributed by atoms with Crippen molar-refractivity contribution in [3.8, 4) is 0 Å². The summed E-state index contributed by atoms with van der Waals surface area (Å²) in [5, 5.41) is 5.02. The third-order valence-corrected chi connectivity index (χ3v) is 5.08. The van der Waals surface area contributed by atoms with Gasteiger partial charge in [-0.15, -0.1) is 11.8 Å². The van der Waals surface area contributed by atoms with E-state index in [1.165, 1.54) is 6.42 Å². The summed E-state index contributed by atoms with van der Waals surface area (Å²) >= 11 is 1.57. The van der Waals surface area contributed by atoms with Crippen molar-refractivity contribution in [2.75, 3.05) is 12.9 Å². The number of benzene rings is 1. The lowest BCUT2D eigenvalue weighted by atomic mass is 9.86.